The standard InChI is InChI=1S/C12H20N2O4S/c1-2-11(9-15)14-19(16,17)7-6-18-12-5-3-4-10(13)8-12/h3-5,8,11,14-15H,2,6-7,9,13H2,1H3/t11-/m0/s1. The Labute approximate surface area is 113 Å². The lowest BCUT2D eigenvalue weighted by Crippen LogP contribution is -2.39. The first-order chi connectivity index (χ1) is 8.96. The third kappa shape index (κ3) is 5.91. The molecule has 0 aliphatic carbocycles. The third-order valence-electron chi connectivity index (χ3n) is 2.54. The molecule has 0 saturated heterocycles. The number of hydrogen-bond donors (Lipinski definition) is 3. The summed E-state index contributed by atoms with van der Waals surface area (Å²) in [6, 6.07) is 6.34. The van der Waals surface area contributed by atoms with E-state index in [0.29, 0.717) is 17.9 Å². The summed E-state index contributed by atoms with van der Waals surface area (Å²) in [6.07, 6.45) is 0.534. The molecule has 1 atom stereocenters. The van der Waals surface area contributed by atoms with E-state index in [2.05, 4.69) is 4.72 Å². The average molecular weight is 288 g/mol. The van der Waals surface area contributed by atoms with Crippen LogP contribution in [0.5, 0.6) is 5.75 Å². The normalized spacial score (nSPS) is 13.2. The Morgan fingerprint density at radius 2 is 2.21 bits per heavy atom. The molecule has 0 heterocycles. The third-order valence-corrected chi connectivity index (χ3v) is 3.93. The van der Waals surface area contributed by atoms with E-state index in [9.17, 15) is 8.42 Å². The van der Waals surface area contributed by atoms with Crippen LogP contribution in [0.25, 0.3) is 0 Å². The number of aliphatic hydroxyl groups excluding tert-OH is 1. The van der Waals surface area contributed by atoms with Gasteiger partial charge in [-0.15, -0.1) is 0 Å². The largest absolute Gasteiger partial charge is 0.492 e. The lowest BCUT2D eigenvalue weighted by Gasteiger charge is -2.14. The number of sulfonamides is 1. The van der Waals surface area contributed by atoms with E-state index in [1.165, 1.54) is 0 Å². The first-order valence-electron chi connectivity index (χ1n) is 6.06. The molecule has 0 unspecified atom stereocenters. The first-order valence-corrected chi connectivity index (χ1v) is 7.71. The number of ether oxygens (including phenoxy) is 1. The van der Waals surface area contributed by atoms with Crippen LogP contribution in [0.3, 0.4) is 0 Å². The number of anilines is 1. The van der Waals surface area contributed by atoms with Gasteiger partial charge >= 0.3 is 0 Å². The second-order valence-electron chi connectivity index (χ2n) is 4.15. The zero-order valence-corrected chi connectivity index (χ0v) is 11.7. The van der Waals surface area contributed by atoms with Crippen LogP contribution in [0.1, 0.15) is 13.3 Å². The van der Waals surface area contributed by atoms with Gasteiger partial charge in [-0.05, 0) is 18.6 Å². The number of benzene rings is 1. The zero-order chi connectivity index (χ0) is 14.3. The van der Waals surface area contributed by atoms with Gasteiger partial charge in [0.05, 0.1) is 12.4 Å². The minimum absolute atomic E-state index is 0.0284. The SMILES string of the molecule is CC[C@@H](CO)NS(=O)(=O)CCOc1cccc(N)c1. The summed E-state index contributed by atoms with van der Waals surface area (Å²) in [5, 5.41) is 8.95. The van der Waals surface area contributed by atoms with Crippen molar-refractivity contribution in [3.63, 3.8) is 0 Å². The fraction of sp³-hybridized carbons (Fsp3) is 0.500. The maximum Gasteiger partial charge on any atom is 0.215 e. The number of nitrogens with one attached hydrogen (secondary N) is 1. The molecule has 7 heteroatoms. The van der Waals surface area contributed by atoms with Crippen LogP contribution in [0.4, 0.5) is 5.69 Å². The van der Waals surface area contributed by atoms with Crippen molar-refractivity contribution in [2.45, 2.75) is 19.4 Å². The van der Waals surface area contributed by atoms with Crippen molar-refractivity contribution in [1.82, 2.24) is 4.72 Å². The van der Waals surface area contributed by atoms with Crippen LogP contribution in [0.2, 0.25) is 0 Å². The quantitative estimate of drug-likeness (QED) is 0.599. The van der Waals surface area contributed by atoms with Crippen LogP contribution in [0, 0.1) is 0 Å². The maximum atomic E-state index is 11.7. The van der Waals surface area contributed by atoms with Gasteiger partial charge in [0.2, 0.25) is 10.0 Å². The smallest absolute Gasteiger partial charge is 0.215 e. The van der Waals surface area contributed by atoms with Crippen molar-refractivity contribution < 1.29 is 18.3 Å². The van der Waals surface area contributed by atoms with Gasteiger partial charge in [-0.2, -0.15) is 0 Å². The second-order valence-corrected chi connectivity index (χ2v) is 6.02. The van der Waals surface area contributed by atoms with Crippen LogP contribution < -0.4 is 15.2 Å². The molecule has 108 valence electrons. The number of aliphatic hydroxyl groups is 1. The minimum atomic E-state index is -3.45. The number of hydrogen-bond acceptors (Lipinski definition) is 5. The maximum absolute atomic E-state index is 11.7. The second kappa shape index (κ2) is 7.32. The van der Waals surface area contributed by atoms with Crippen LogP contribution >= 0.6 is 0 Å². The molecule has 0 aromatic heterocycles. The zero-order valence-electron chi connectivity index (χ0n) is 10.9. The fourth-order valence-corrected chi connectivity index (χ4v) is 2.61. The summed E-state index contributed by atoms with van der Waals surface area (Å²) >= 11 is 0. The molecule has 1 aromatic carbocycles. The molecule has 4 N–H and O–H groups in total. The summed E-state index contributed by atoms with van der Waals surface area (Å²) in [6.45, 7) is 1.61. The number of nitrogens with two attached hydrogens (primary N) is 1. The van der Waals surface area contributed by atoms with Crippen LogP contribution in [-0.2, 0) is 10.0 Å². The Kier molecular flexibility index (Phi) is 6.07. The summed E-state index contributed by atoms with van der Waals surface area (Å²) in [5.41, 5.74) is 6.14. The topological polar surface area (TPSA) is 102 Å². The first kappa shape index (κ1) is 15.7. The molecule has 0 fully saturated rings. The van der Waals surface area contributed by atoms with E-state index in [4.69, 9.17) is 15.6 Å². The van der Waals surface area contributed by atoms with E-state index in [1.54, 1.807) is 31.2 Å². The molecule has 0 bridgehead atoms. The Morgan fingerprint density at radius 3 is 2.79 bits per heavy atom. The molecule has 0 spiro atoms. The van der Waals surface area contributed by atoms with Gasteiger partial charge < -0.3 is 15.6 Å². The molecule has 0 amide bonds. The Balaban J connectivity index is 2.43. The predicted molar refractivity (Wildman–Crippen MR) is 74.4 cm³/mol. The van der Waals surface area contributed by atoms with Crippen molar-refractivity contribution in [2.75, 3.05) is 24.7 Å². The number of nitrogen functional groups attached to an aromatic ring is 1. The highest BCUT2D eigenvalue weighted by atomic mass is 32.2. The van der Waals surface area contributed by atoms with Crippen molar-refractivity contribution in [3.8, 4) is 5.75 Å². The van der Waals surface area contributed by atoms with Crippen molar-refractivity contribution in [1.29, 1.82) is 0 Å². The van der Waals surface area contributed by atoms with Gasteiger partial charge in [0.25, 0.3) is 0 Å². The molecular formula is C12H20N2O4S. The highest BCUT2D eigenvalue weighted by Gasteiger charge is 2.15. The summed E-state index contributed by atoms with van der Waals surface area (Å²) in [4.78, 5) is 0. The van der Waals surface area contributed by atoms with E-state index in [-0.39, 0.29) is 19.0 Å². The fourth-order valence-electron chi connectivity index (χ4n) is 1.44. The molecular weight excluding hydrogens is 268 g/mol. The Morgan fingerprint density at radius 1 is 1.47 bits per heavy atom. The van der Waals surface area contributed by atoms with Crippen LogP contribution in [-0.4, -0.2) is 38.5 Å². The summed E-state index contributed by atoms with van der Waals surface area (Å²) in [7, 11) is -3.45. The summed E-state index contributed by atoms with van der Waals surface area (Å²) < 4.78 is 31.1. The summed E-state index contributed by atoms with van der Waals surface area (Å²) in [5.74, 6) is 0.363. The molecule has 0 saturated carbocycles. The highest BCUT2D eigenvalue weighted by Crippen LogP contribution is 2.14. The molecule has 1 aromatic rings. The van der Waals surface area contributed by atoms with Gasteiger partial charge in [-0.1, -0.05) is 13.0 Å². The molecule has 6 nitrogen and oxygen atoms in total. The molecule has 1 rings (SSSR count). The van der Waals surface area contributed by atoms with Crippen molar-refractivity contribution in [3.05, 3.63) is 24.3 Å². The van der Waals surface area contributed by atoms with E-state index < -0.39 is 16.1 Å². The molecule has 0 radical (unpaired) electrons. The van der Waals surface area contributed by atoms with Gasteiger partial charge in [-0.25, -0.2) is 13.1 Å². The lowest BCUT2D eigenvalue weighted by atomic mass is 10.3. The Hall–Kier alpha value is -1.31. The van der Waals surface area contributed by atoms with Crippen molar-refractivity contribution in [2.24, 2.45) is 0 Å². The van der Waals surface area contributed by atoms with Gasteiger partial charge in [0, 0.05) is 17.8 Å². The Bertz CT molecular complexity index is 486. The lowest BCUT2D eigenvalue weighted by molar-refractivity contribution is 0.253. The average Bonchev–Trinajstić information content (AvgIpc) is 2.36. The van der Waals surface area contributed by atoms with Gasteiger partial charge in [0.15, 0.2) is 0 Å². The molecule has 0 aliphatic heterocycles. The van der Waals surface area contributed by atoms with E-state index in [0.717, 1.165) is 0 Å². The van der Waals surface area contributed by atoms with Gasteiger partial charge in [-0.3, -0.25) is 0 Å². The highest BCUT2D eigenvalue weighted by molar-refractivity contribution is 7.89. The van der Waals surface area contributed by atoms with E-state index in [1.807, 2.05) is 0 Å². The van der Waals surface area contributed by atoms with E-state index >= 15 is 0 Å². The number of rotatable bonds is 8. The monoisotopic (exact) mass is 288 g/mol. The molecule has 0 aliphatic rings. The minimum Gasteiger partial charge on any atom is -0.492 e. The predicted octanol–water partition coefficient (Wildman–Crippen LogP) is 0.338. The van der Waals surface area contributed by atoms with Gasteiger partial charge in [0.1, 0.15) is 12.4 Å². The van der Waals surface area contributed by atoms with Crippen LogP contribution in [0.15, 0.2) is 24.3 Å². The van der Waals surface area contributed by atoms with Crippen molar-refractivity contribution >= 4 is 15.7 Å². The molecule has 19 heavy (non-hydrogen) atoms.